The lowest BCUT2D eigenvalue weighted by Gasteiger charge is -2.25. The van der Waals surface area contributed by atoms with Gasteiger partial charge in [-0.2, -0.15) is 4.98 Å². The molecule has 140 valence electrons. The fourth-order valence-electron chi connectivity index (χ4n) is 3.31. The number of aryl methyl sites for hydroxylation is 1. The second kappa shape index (κ2) is 7.59. The van der Waals surface area contributed by atoms with E-state index in [4.69, 9.17) is 14.8 Å². The smallest absolute Gasteiger partial charge is 0.224 e. The van der Waals surface area contributed by atoms with E-state index < -0.39 is 0 Å². The van der Waals surface area contributed by atoms with E-state index in [-0.39, 0.29) is 6.61 Å². The van der Waals surface area contributed by atoms with Crippen molar-refractivity contribution in [2.45, 2.75) is 37.8 Å². The summed E-state index contributed by atoms with van der Waals surface area (Å²) in [5.41, 5.74) is 1.01. The molecule has 26 heavy (non-hydrogen) atoms. The molecule has 2 aliphatic rings. The lowest BCUT2D eigenvalue weighted by Crippen LogP contribution is -2.28. The Morgan fingerprint density at radius 3 is 2.88 bits per heavy atom. The number of nitrogens with zero attached hydrogens (tertiary/aromatic N) is 5. The number of rotatable bonds is 8. The number of aliphatic hydroxyl groups is 1. The first-order valence-corrected chi connectivity index (χ1v) is 9.29. The van der Waals surface area contributed by atoms with Crippen molar-refractivity contribution < 1.29 is 9.84 Å². The summed E-state index contributed by atoms with van der Waals surface area (Å²) in [7, 11) is 2.02. The number of hydrogen-bond donors (Lipinski definition) is 2. The molecule has 0 bridgehead atoms. The zero-order chi connectivity index (χ0) is 17.9. The van der Waals surface area contributed by atoms with Crippen LogP contribution in [0.2, 0.25) is 0 Å². The molecule has 0 unspecified atom stereocenters. The van der Waals surface area contributed by atoms with Gasteiger partial charge in [0.05, 0.1) is 25.5 Å². The molecule has 2 fully saturated rings. The number of imidazole rings is 1. The number of aromatic nitrogens is 4. The van der Waals surface area contributed by atoms with Crippen molar-refractivity contribution in [2.24, 2.45) is 7.05 Å². The molecule has 8 heteroatoms. The lowest BCUT2D eigenvalue weighted by atomic mass is 10.0. The van der Waals surface area contributed by atoms with Gasteiger partial charge in [0.1, 0.15) is 11.6 Å². The van der Waals surface area contributed by atoms with Gasteiger partial charge in [0.15, 0.2) is 0 Å². The Kier molecular flexibility index (Phi) is 5.03. The van der Waals surface area contributed by atoms with Gasteiger partial charge < -0.3 is 24.6 Å². The summed E-state index contributed by atoms with van der Waals surface area (Å²) in [5.74, 6) is 2.82. The van der Waals surface area contributed by atoms with Gasteiger partial charge in [-0.1, -0.05) is 0 Å². The Hall–Kier alpha value is -2.19. The van der Waals surface area contributed by atoms with Crippen LogP contribution < -0.4 is 10.2 Å². The second-order valence-corrected chi connectivity index (χ2v) is 7.00. The maximum atomic E-state index is 9.13. The van der Waals surface area contributed by atoms with Crippen molar-refractivity contribution in [3.63, 3.8) is 0 Å². The predicted octanol–water partition coefficient (Wildman–Crippen LogP) is 1.29. The minimum atomic E-state index is 0.0507. The molecule has 1 aliphatic heterocycles. The van der Waals surface area contributed by atoms with Crippen molar-refractivity contribution in [3.8, 4) is 0 Å². The van der Waals surface area contributed by atoms with Crippen LogP contribution in [0, 0.1) is 0 Å². The number of aliphatic hydroxyl groups excluding tert-OH is 1. The van der Waals surface area contributed by atoms with E-state index in [2.05, 4.69) is 26.3 Å². The fourth-order valence-corrected chi connectivity index (χ4v) is 3.31. The Labute approximate surface area is 153 Å². The second-order valence-electron chi connectivity index (χ2n) is 7.00. The summed E-state index contributed by atoms with van der Waals surface area (Å²) in [6, 6.07) is 2.60. The molecule has 3 heterocycles. The molecular formula is C18H26N6O2. The largest absolute Gasteiger partial charge is 0.395 e. The first kappa shape index (κ1) is 17.2. The quantitative estimate of drug-likeness (QED) is 0.735. The van der Waals surface area contributed by atoms with Crippen LogP contribution in [0.4, 0.5) is 11.8 Å². The van der Waals surface area contributed by atoms with E-state index in [1.807, 2.05) is 24.0 Å². The van der Waals surface area contributed by atoms with Crippen LogP contribution in [0.25, 0.3) is 0 Å². The molecule has 2 aromatic heterocycles. The molecule has 1 saturated heterocycles. The number of ether oxygens (including phenoxy) is 1. The summed E-state index contributed by atoms with van der Waals surface area (Å²) in [5, 5.41) is 12.2. The summed E-state index contributed by atoms with van der Waals surface area (Å²) in [6.07, 6.45) is 7.13. The van der Waals surface area contributed by atoms with E-state index in [0.29, 0.717) is 31.1 Å². The first-order chi connectivity index (χ1) is 12.7. The van der Waals surface area contributed by atoms with Crippen LogP contribution in [-0.2, 0) is 18.3 Å². The third-order valence-corrected chi connectivity index (χ3v) is 4.99. The molecule has 0 radical (unpaired) electrons. The minimum absolute atomic E-state index is 0.0507. The third-order valence-electron chi connectivity index (χ3n) is 4.99. The van der Waals surface area contributed by atoms with Crippen LogP contribution in [0.1, 0.15) is 36.7 Å². The molecule has 2 N–H and O–H groups in total. The lowest BCUT2D eigenvalue weighted by molar-refractivity contribution is 0.193. The SMILES string of the molecule is Cn1ccnc1CN(c1cc([C@H]2CCOC2)nc(NCCO)n1)C1CC1. The molecule has 1 aliphatic carbocycles. The monoisotopic (exact) mass is 358 g/mol. The van der Waals surface area contributed by atoms with Crippen molar-refractivity contribution in [1.29, 1.82) is 0 Å². The topological polar surface area (TPSA) is 88.3 Å². The molecule has 4 rings (SSSR count). The van der Waals surface area contributed by atoms with E-state index in [0.717, 1.165) is 36.9 Å². The maximum Gasteiger partial charge on any atom is 0.224 e. The molecule has 1 saturated carbocycles. The normalized spacial score (nSPS) is 19.7. The summed E-state index contributed by atoms with van der Waals surface area (Å²) < 4.78 is 7.59. The maximum absolute atomic E-state index is 9.13. The number of nitrogens with one attached hydrogen (secondary N) is 1. The Morgan fingerprint density at radius 1 is 1.35 bits per heavy atom. The first-order valence-electron chi connectivity index (χ1n) is 9.29. The molecule has 0 aromatic carbocycles. The highest BCUT2D eigenvalue weighted by atomic mass is 16.5. The van der Waals surface area contributed by atoms with Crippen molar-refractivity contribution in [3.05, 3.63) is 30.0 Å². The van der Waals surface area contributed by atoms with Gasteiger partial charge in [-0.05, 0) is 19.3 Å². The van der Waals surface area contributed by atoms with Gasteiger partial charge in [0.25, 0.3) is 0 Å². The zero-order valence-corrected chi connectivity index (χ0v) is 15.1. The van der Waals surface area contributed by atoms with E-state index in [1.165, 1.54) is 12.8 Å². The molecule has 0 spiro atoms. The Bertz CT molecular complexity index is 739. The van der Waals surface area contributed by atoms with Crippen molar-refractivity contribution in [2.75, 3.05) is 36.6 Å². The minimum Gasteiger partial charge on any atom is -0.395 e. The summed E-state index contributed by atoms with van der Waals surface area (Å²) in [4.78, 5) is 16.2. The zero-order valence-electron chi connectivity index (χ0n) is 15.1. The van der Waals surface area contributed by atoms with Gasteiger partial charge in [-0.15, -0.1) is 0 Å². The van der Waals surface area contributed by atoms with Gasteiger partial charge in [0, 0.05) is 50.6 Å². The molecular weight excluding hydrogens is 332 g/mol. The van der Waals surface area contributed by atoms with Gasteiger partial charge >= 0.3 is 0 Å². The Balaban J connectivity index is 1.65. The van der Waals surface area contributed by atoms with Crippen LogP contribution in [-0.4, -0.2) is 57.0 Å². The molecule has 2 aromatic rings. The average molecular weight is 358 g/mol. The highest BCUT2D eigenvalue weighted by molar-refractivity contribution is 5.48. The highest BCUT2D eigenvalue weighted by Crippen LogP contribution is 2.34. The average Bonchev–Trinajstić information content (AvgIpc) is 3.17. The fraction of sp³-hybridized carbons (Fsp3) is 0.611. The predicted molar refractivity (Wildman–Crippen MR) is 98.2 cm³/mol. The van der Waals surface area contributed by atoms with Crippen molar-refractivity contribution in [1.82, 2.24) is 19.5 Å². The summed E-state index contributed by atoms with van der Waals surface area (Å²) >= 11 is 0. The standard InChI is InChI=1S/C18H26N6O2/c1-23-7-5-19-17(23)11-24(14-2-3-14)16-10-15(13-4-9-26-12-13)21-18(22-16)20-6-8-25/h5,7,10,13-14,25H,2-4,6,8-9,11-12H2,1H3,(H,20,21,22)/t13-/m0/s1. The van der Waals surface area contributed by atoms with E-state index in [1.54, 1.807) is 0 Å². The number of anilines is 2. The van der Waals surface area contributed by atoms with Crippen LogP contribution in [0.15, 0.2) is 18.5 Å². The third kappa shape index (κ3) is 3.81. The van der Waals surface area contributed by atoms with E-state index in [9.17, 15) is 0 Å². The molecule has 0 amide bonds. The molecule has 8 nitrogen and oxygen atoms in total. The van der Waals surface area contributed by atoms with Crippen LogP contribution in [0.3, 0.4) is 0 Å². The Morgan fingerprint density at radius 2 is 2.23 bits per heavy atom. The van der Waals surface area contributed by atoms with Crippen LogP contribution in [0.5, 0.6) is 0 Å². The van der Waals surface area contributed by atoms with Crippen LogP contribution >= 0.6 is 0 Å². The van der Waals surface area contributed by atoms with Gasteiger partial charge in [0.2, 0.25) is 5.95 Å². The van der Waals surface area contributed by atoms with Gasteiger partial charge in [-0.25, -0.2) is 9.97 Å². The van der Waals surface area contributed by atoms with Gasteiger partial charge in [-0.3, -0.25) is 0 Å². The summed E-state index contributed by atoms with van der Waals surface area (Å²) in [6.45, 7) is 2.70. The molecule has 1 atom stereocenters. The number of hydrogen-bond acceptors (Lipinski definition) is 7. The highest BCUT2D eigenvalue weighted by Gasteiger charge is 2.32. The van der Waals surface area contributed by atoms with Crippen molar-refractivity contribution >= 4 is 11.8 Å². The van der Waals surface area contributed by atoms with E-state index >= 15 is 0 Å².